The summed E-state index contributed by atoms with van der Waals surface area (Å²) < 4.78 is 10.6. The zero-order chi connectivity index (χ0) is 19.4. The minimum atomic E-state index is -0.183. The van der Waals surface area contributed by atoms with E-state index in [0.717, 1.165) is 18.8 Å². The SMILES string of the molecule is CC(C)(C)c1noc(CCC(=O)Nc2cccc(Cl)c2N2CCOCC2)n1. The molecule has 1 aromatic heterocycles. The van der Waals surface area contributed by atoms with Crippen molar-refractivity contribution in [3.05, 3.63) is 34.9 Å². The number of nitrogens with one attached hydrogen (secondary N) is 1. The van der Waals surface area contributed by atoms with Gasteiger partial charge in [-0.15, -0.1) is 0 Å². The van der Waals surface area contributed by atoms with Crippen molar-refractivity contribution in [2.45, 2.75) is 39.0 Å². The largest absolute Gasteiger partial charge is 0.378 e. The van der Waals surface area contributed by atoms with Gasteiger partial charge in [0.25, 0.3) is 0 Å². The Hall–Kier alpha value is -2.12. The lowest BCUT2D eigenvalue weighted by molar-refractivity contribution is -0.116. The first-order valence-electron chi connectivity index (χ1n) is 9.09. The normalized spacial score (nSPS) is 15.0. The summed E-state index contributed by atoms with van der Waals surface area (Å²) in [5.41, 5.74) is 1.36. The minimum Gasteiger partial charge on any atom is -0.378 e. The first-order valence-corrected chi connectivity index (χ1v) is 9.46. The maximum absolute atomic E-state index is 12.4. The fraction of sp³-hybridized carbons (Fsp3) is 0.526. The molecule has 0 radical (unpaired) electrons. The highest BCUT2D eigenvalue weighted by atomic mass is 35.5. The van der Waals surface area contributed by atoms with E-state index in [9.17, 15) is 4.79 Å². The number of carbonyl (C=O) groups is 1. The third kappa shape index (κ3) is 4.99. The monoisotopic (exact) mass is 392 g/mol. The highest BCUT2D eigenvalue weighted by molar-refractivity contribution is 6.34. The predicted molar refractivity (Wildman–Crippen MR) is 104 cm³/mol. The van der Waals surface area contributed by atoms with Crippen molar-refractivity contribution >= 4 is 28.9 Å². The molecular formula is C19H25ClN4O3. The summed E-state index contributed by atoms with van der Waals surface area (Å²) in [5.74, 6) is 0.985. The number of ether oxygens (including phenoxy) is 1. The van der Waals surface area contributed by atoms with Crippen LogP contribution in [0.3, 0.4) is 0 Å². The van der Waals surface area contributed by atoms with Crippen molar-refractivity contribution in [2.75, 3.05) is 36.5 Å². The first kappa shape index (κ1) is 19.6. The summed E-state index contributed by atoms with van der Waals surface area (Å²) in [6, 6.07) is 5.52. The van der Waals surface area contributed by atoms with Crippen LogP contribution in [0.5, 0.6) is 0 Å². The number of morpholine rings is 1. The topological polar surface area (TPSA) is 80.5 Å². The van der Waals surface area contributed by atoms with Crippen LogP contribution in [0.2, 0.25) is 5.02 Å². The molecule has 2 heterocycles. The Morgan fingerprint density at radius 1 is 1.30 bits per heavy atom. The number of aryl methyl sites for hydroxylation is 1. The van der Waals surface area contributed by atoms with Gasteiger partial charge in [0, 0.05) is 31.3 Å². The Morgan fingerprint density at radius 3 is 2.70 bits per heavy atom. The fourth-order valence-electron chi connectivity index (χ4n) is 2.82. The van der Waals surface area contributed by atoms with E-state index in [1.165, 1.54) is 0 Å². The van der Waals surface area contributed by atoms with Gasteiger partial charge in [0.15, 0.2) is 5.82 Å². The van der Waals surface area contributed by atoms with Crippen molar-refractivity contribution in [3.8, 4) is 0 Å². The smallest absolute Gasteiger partial charge is 0.227 e. The predicted octanol–water partition coefficient (Wildman–Crippen LogP) is 3.43. The van der Waals surface area contributed by atoms with Crippen LogP contribution in [0.15, 0.2) is 22.7 Å². The average molecular weight is 393 g/mol. The molecule has 0 bridgehead atoms. The molecule has 1 amide bonds. The summed E-state index contributed by atoms with van der Waals surface area (Å²) in [6.45, 7) is 8.81. The number of hydrogen-bond donors (Lipinski definition) is 1. The lowest BCUT2D eigenvalue weighted by Crippen LogP contribution is -2.37. The zero-order valence-electron chi connectivity index (χ0n) is 15.9. The van der Waals surface area contributed by atoms with Gasteiger partial charge in [0.05, 0.1) is 29.6 Å². The van der Waals surface area contributed by atoms with E-state index in [2.05, 4.69) is 20.4 Å². The quantitative estimate of drug-likeness (QED) is 0.839. The number of anilines is 2. The van der Waals surface area contributed by atoms with Gasteiger partial charge in [-0.3, -0.25) is 4.79 Å². The molecular weight excluding hydrogens is 368 g/mol. The number of amides is 1. The molecule has 0 unspecified atom stereocenters. The van der Waals surface area contributed by atoms with Gasteiger partial charge < -0.3 is 19.5 Å². The Bertz CT molecular complexity index is 794. The van der Waals surface area contributed by atoms with E-state index in [1.807, 2.05) is 39.0 Å². The van der Waals surface area contributed by atoms with Gasteiger partial charge >= 0.3 is 0 Å². The maximum atomic E-state index is 12.4. The van der Waals surface area contributed by atoms with Crippen molar-refractivity contribution in [3.63, 3.8) is 0 Å². The Balaban J connectivity index is 1.64. The van der Waals surface area contributed by atoms with Gasteiger partial charge in [-0.25, -0.2) is 0 Å². The molecule has 1 aromatic carbocycles. The Labute approximate surface area is 164 Å². The molecule has 0 saturated carbocycles. The number of nitrogens with zero attached hydrogens (tertiary/aromatic N) is 3. The molecule has 1 aliphatic heterocycles. The molecule has 1 fully saturated rings. The summed E-state index contributed by atoms with van der Waals surface area (Å²) in [4.78, 5) is 18.9. The van der Waals surface area contributed by atoms with E-state index < -0.39 is 0 Å². The van der Waals surface area contributed by atoms with Crippen LogP contribution >= 0.6 is 11.6 Å². The molecule has 146 valence electrons. The second-order valence-electron chi connectivity index (χ2n) is 7.55. The third-order valence-electron chi connectivity index (χ3n) is 4.29. The highest BCUT2D eigenvalue weighted by Gasteiger charge is 2.22. The molecule has 8 heteroatoms. The Morgan fingerprint density at radius 2 is 2.04 bits per heavy atom. The number of carbonyl (C=O) groups excluding carboxylic acids is 1. The molecule has 1 N–H and O–H groups in total. The van der Waals surface area contributed by atoms with Crippen molar-refractivity contribution in [2.24, 2.45) is 0 Å². The number of para-hydroxylation sites is 1. The van der Waals surface area contributed by atoms with E-state index >= 15 is 0 Å². The molecule has 1 aliphatic rings. The summed E-state index contributed by atoms with van der Waals surface area (Å²) >= 11 is 6.40. The van der Waals surface area contributed by atoms with Crippen LogP contribution in [0.25, 0.3) is 0 Å². The molecule has 0 spiro atoms. The van der Waals surface area contributed by atoms with Gasteiger partial charge in [0.2, 0.25) is 11.8 Å². The van der Waals surface area contributed by atoms with Crippen molar-refractivity contribution in [1.29, 1.82) is 0 Å². The molecule has 27 heavy (non-hydrogen) atoms. The van der Waals surface area contributed by atoms with Crippen LogP contribution in [-0.4, -0.2) is 42.4 Å². The number of hydrogen-bond acceptors (Lipinski definition) is 6. The maximum Gasteiger partial charge on any atom is 0.227 e. The lowest BCUT2D eigenvalue weighted by atomic mass is 9.96. The van der Waals surface area contributed by atoms with E-state index in [-0.39, 0.29) is 17.7 Å². The minimum absolute atomic E-state index is 0.123. The van der Waals surface area contributed by atoms with Gasteiger partial charge in [-0.2, -0.15) is 4.98 Å². The highest BCUT2D eigenvalue weighted by Crippen LogP contribution is 2.34. The third-order valence-corrected chi connectivity index (χ3v) is 4.60. The van der Waals surface area contributed by atoms with E-state index in [4.69, 9.17) is 20.9 Å². The Kier molecular flexibility index (Phi) is 6.01. The number of aromatic nitrogens is 2. The lowest BCUT2D eigenvalue weighted by Gasteiger charge is -2.31. The summed E-state index contributed by atoms with van der Waals surface area (Å²) in [7, 11) is 0. The molecule has 1 saturated heterocycles. The van der Waals surface area contributed by atoms with E-state index in [1.54, 1.807) is 0 Å². The second-order valence-corrected chi connectivity index (χ2v) is 7.95. The molecule has 7 nitrogen and oxygen atoms in total. The number of halogens is 1. The summed E-state index contributed by atoms with van der Waals surface area (Å²) in [5, 5.41) is 7.56. The van der Waals surface area contributed by atoms with Crippen LogP contribution in [0, 0.1) is 0 Å². The average Bonchev–Trinajstić information content (AvgIpc) is 3.10. The summed E-state index contributed by atoms with van der Waals surface area (Å²) in [6.07, 6.45) is 0.642. The fourth-order valence-corrected chi connectivity index (χ4v) is 3.11. The molecule has 3 rings (SSSR count). The van der Waals surface area contributed by atoms with Gasteiger partial charge in [-0.05, 0) is 12.1 Å². The van der Waals surface area contributed by atoms with Crippen LogP contribution in [0.4, 0.5) is 11.4 Å². The van der Waals surface area contributed by atoms with Crippen molar-refractivity contribution in [1.82, 2.24) is 10.1 Å². The van der Waals surface area contributed by atoms with Gasteiger partial charge in [-0.1, -0.05) is 43.6 Å². The van der Waals surface area contributed by atoms with Gasteiger partial charge in [0.1, 0.15) is 0 Å². The second kappa shape index (κ2) is 8.27. The zero-order valence-corrected chi connectivity index (χ0v) is 16.7. The number of rotatable bonds is 5. The number of benzene rings is 1. The standard InChI is InChI=1S/C19H25ClN4O3/c1-19(2,3)18-22-16(27-23-18)8-7-15(25)21-14-6-4-5-13(20)17(14)24-9-11-26-12-10-24/h4-6H,7-12H2,1-3H3,(H,21,25). The molecule has 0 atom stereocenters. The van der Waals surface area contributed by atoms with Crippen LogP contribution in [-0.2, 0) is 21.4 Å². The molecule has 0 aliphatic carbocycles. The first-order chi connectivity index (χ1) is 12.8. The van der Waals surface area contributed by atoms with E-state index in [0.29, 0.717) is 42.1 Å². The van der Waals surface area contributed by atoms with Crippen LogP contribution < -0.4 is 10.2 Å². The van der Waals surface area contributed by atoms with Crippen LogP contribution in [0.1, 0.15) is 38.9 Å². The molecule has 2 aromatic rings. The van der Waals surface area contributed by atoms with Crippen molar-refractivity contribution < 1.29 is 14.1 Å².